The van der Waals surface area contributed by atoms with Crippen molar-refractivity contribution in [2.45, 2.75) is 6.61 Å². The van der Waals surface area contributed by atoms with Gasteiger partial charge in [-0.1, -0.05) is 12.1 Å². The fraction of sp³-hybridized carbons (Fsp3) is 0.125. The molecule has 0 saturated carbocycles. The molecular formula is C8H6FNO. The Kier molecular flexibility index (Phi) is 2.19. The van der Waals surface area contributed by atoms with Crippen molar-refractivity contribution in [1.29, 1.82) is 0 Å². The highest BCUT2D eigenvalue weighted by molar-refractivity contribution is 5.45. The van der Waals surface area contributed by atoms with Crippen LogP contribution in [0.2, 0.25) is 0 Å². The molecule has 0 radical (unpaired) electrons. The fourth-order valence-electron chi connectivity index (χ4n) is 0.734. The number of aliphatic hydroxyl groups is 1. The topological polar surface area (TPSA) is 24.6 Å². The number of hydrogen-bond acceptors (Lipinski definition) is 1. The highest BCUT2D eigenvalue weighted by atomic mass is 19.1. The molecule has 1 aromatic rings. The molecule has 0 atom stereocenters. The van der Waals surface area contributed by atoms with Crippen molar-refractivity contribution in [2.75, 3.05) is 0 Å². The molecule has 0 aromatic heterocycles. The summed E-state index contributed by atoms with van der Waals surface area (Å²) in [7, 11) is 0. The van der Waals surface area contributed by atoms with Crippen LogP contribution in [0.25, 0.3) is 4.85 Å². The number of halogens is 1. The fourth-order valence-corrected chi connectivity index (χ4v) is 0.734. The van der Waals surface area contributed by atoms with Gasteiger partial charge in [0.15, 0.2) is 5.69 Å². The first kappa shape index (κ1) is 7.70. The largest absolute Gasteiger partial charge is 0.392 e. The summed E-state index contributed by atoms with van der Waals surface area (Å²) >= 11 is 0. The third-order valence-corrected chi connectivity index (χ3v) is 1.34. The Bertz CT molecular complexity index is 303. The monoisotopic (exact) mass is 151 g/mol. The minimum atomic E-state index is -0.527. The van der Waals surface area contributed by atoms with Crippen LogP contribution in [0.1, 0.15) is 5.56 Å². The Balaban J connectivity index is 3.12. The van der Waals surface area contributed by atoms with E-state index in [2.05, 4.69) is 4.85 Å². The smallest absolute Gasteiger partial charge is 0.190 e. The lowest BCUT2D eigenvalue weighted by Crippen LogP contribution is -1.87. The molecule has 1 rings (SSSR count). The minimum Gasteiger partial charge on any atom is -0.392 e. The molecule has 3 heteroatoms. The zero-order valence-corrected chi connectivity index (χ0v) is 5.71. The summed E-state index contributed by atoms with van der Waals surface area (Å²) < 4.78 is 12.7. The van der Waals surface area contributed by atoms with E-state index in [4.69, 9.17) is 11.7 Å². The van der Waals surface area contributed by atoms with E-state index in [0.29, 0.717) is 0 Å². The maximum absolute atomic E-state index is 12.7. The van der Waals surface area contributed by atoms with E-state index in [1.807, 2.05) is 0 Å². The van der Waals surface area contributed by atoms with Gasteiger partial charge in [0, 0.05) is 5.56 Å². The van der Waals surface area contributed by atoms with Gasteiger partial charge in [-0.05, 0) is 6.07 Å². The first-order chi connectivity index (χ1) is 5.27. The molecule has 0 saturated heterocycles. The second-order valence-corrected chi connectivity index (χ2v) is 2.05. The summed E-state index contributed by atoms with van der Waals surface area (Å²) in [6.45, 7) is 6.23. The average Bonchev–Trinajstić information content (AvgIpc) is 2.04. The lowest BCUT2D eigenvalue weighted by molar-refractivity contribution is 0.276. The molecule has 11 heavy (non-hydrogen) atoms. The molecule has 0 unspecified atom stereocenters. The van der Waals surface area contributed by atoms with Crippen molar-refractivity contribution in [2.24, 2.45) is 0 Å². The molecule has 0 aliphatic rings. The number of nitrogens with zero attached hydrogens (tertiary/aromatic N) is 1. The van der Waals surface area contributed by atoms with Gasteiger partial charge in [-0.3, -0.25) is 0 Å². The third kappa shape index (κ3) is 1.54. The number of hydrogen-bond donors (Lipinski definition) is 1. The van der Waals surface area contributed by atoms with Gasteiger partial charge in [0.05, 0.1) is 13.2 Å². The second kappa shape index (κ2) is 3.13. The SMILES string of the molecule is [C-]#[N+]c1ccc(CO)c(F)c1. The van der Waals surface area contributed by atoms with Crippen LogP contribution in [0.5, 0.6) is 0 Å². The third-order valence-electron chi connectivity index (χ3n) is 1.34. The Morgan fingerprint density at radius 2 is 2.27 bits per heavy atom. The quantitative estimate of drug-likeness (QED) is 0.609. The Hall–Kier alpha value is -1.40. The molecular weight excluding hydrogens is 145 g/mol. The summed E-state index contributed by atoms with van der Waals surface area (Å²) in [4.78, 5) is 3.04. The van der Waals surface area contributed by atoms with Gasteiger partial charge < -0.3 is 5.11 Å². The van der Waals surface area contributed by atoms with Crippen molar-refractivity contribution >= 4 is 5.69 Å². The molecule has 0 fully saturated rings. The highest BCUT2D eigenvalue weighted by Gasteiger charge is 2.00. The van der Waals surface area contributed by atoms with Gasteiger partial charge in [0.1, 0.15) is 5.82 Å². The zero-order chi connectivity index (χ0) is 8.27. The number of aliphatic hydroxyl groups excluding tert-OH is 1. The van der Waals surface area contributed by atoms with E-state index in [9.17, 15) is 4.39 Å². The van der Waals surface area contributed by atoms with Gasteiger partial charge in [-0.15, -0.1) is 0 Å². The molecule has 0 aliphatic carbocycles. The molecule has 0 amide bonds. The Labute approximate surface area is 63.7 Å². The molecule has 1 aromatic carbocycles. The summed E-state index contributed by atoms with van der Waals surface area (Å²) in [6, 6.07) is 3.99. The van der Waals surface area contributed by atoms with Gasteiger partial charge in [-0.2, -0.15) is 0 Å². The van der Waals surface area contributed by atoms with Gasteiger partial charge in [-0.25, -0.2) is 9.24 Å². The van der Waals surface area contributed by atoms with E-state index in [1.165, 1.54) is 12.1 Å². The van der Waals surface area contributed by atoms with Gasteiger partial charge in [0.25, 0.3) is 0 Å². The van der Waals surface area contributed by atoms with Crippen molar-refractivity contribution in [1.82, 2.24) is 0 Å². The van der Waals surface area contributed by atoms with Crippen LogP contribution in [-0.4, -0.2) is 5.11 Å². The van der Waals surface area contributed by atoms with Crippen LogP contribution in [-0.2, 0) is 6.61 Å². The lowest BCUT2D eigenvalue weighted by Gasteiger charge is -1.97. The van der Waals surface area contributed by atoms with Crippen LogP contribution in [0.3, 0.4) is 0 Å². The first-order valence-corrected chi connectivity index (χ1v) is 3.04. The Morgan fingerprint density at radius 1 is 1.55 bits per heavy atom. The normalized spacial score (nSPS) is 9.18. The molecule has 1 N–H and O–H groups in total. The first-order valence-electron chi connectivity index (χ1n) is 3.04. The lowest BCUT2D eigenvalue weighted by atomic mass is 10.2. The van der Waals surface area contributed by atoms with Crippen LogP contribution < -0.4 is 0 Å². The molecule has 0 spiro atoms. The van der Waals surface area contributed by atoms with Crippen LogP contribution in [0, 0.1) is 12.4 Å². The highest BCUT2D eigenvalue weighted by Crippen LogP contribution is 2.16. The van der Waals surface area contributed by atoms with Crippen LogP contribution in [0.4, 0.5) is 10.1 Å². The van der Waals surface area contributed by atoms with E-state index in [1.54, 1.807) is 0 Å². The van der Waals surface area contributed by atoms with Crippen molar-refractivity contribution < 1.29 is 9.50 Å². The van der Waals surface area contributed by atoms with E-state index in [0.717, 1.165) is 6.07 Å². The Morgan fingerprint density at radius 3 is 2.73 bits per heavy atom. The van der Waals surface area contributed by atoms with Crippen molar-refractivity contribution in [3.05, 3.63) is 41.0 Å². The maximum Gasteiger partial charge on any atom is 0.190 e. The van der Waals surface area contributed by atoms with Crippen LogP contribution in [0.15, 0.2) is 18.2 Å². The number of rotatable bonds is 1. The summed E-state index contributed by atoms with van der Waals surface area (Å²) in [5.74, 6) is -0.527. The molecule has 0 heterocycles. The van der Waals surface area contributed by atoms with E-state index >= 15 is 0 Å². The van der Waals surface area contributed by atoms with E-state index < -0.39 is 5.82 Å². The number of benzene rings is 1. The molecule has 2 nitrogen and oxygen atoms in total. The minimum absolute atomic E-state index is 0.220. The zero-order valence-electron chi connectivity index (χ0n) is 5.71. The average molecular weight is 151 g/mol. The van der Waals surface area contributed by atoms with Crippen molar-refractivity contribution in [3.63, 3.8) is 0 Å². The standard InChI is InChI=1S/C8H6FNO/c1-10-7-3-2-6(5-11)8(9)4-7/h2-4,11H,5H2. The molecule has 56 valence electrons. The van der Waals surface area contributed by atoms with Crippen molar-refractivity contribution in [3.8, 4) is 0 Å². The van der Waals surface area contributed by atoms with Gasteiger partial charge in [0.2, 0.25) is 0 Å². The predicted molar refractivity (Wildman–Crippen MR) is 38.6 cm³/mol. The summed E-state index contributed by atoms with van der Waals surface area (Å²) in [5, 5.41) is 8.56. The predicted octanol–water partition coefficient (Wildman–Crippen LogP) is 1.87. The summed E-state index contributed by atoms with van der Waals surface area (Å²) in [5.41, 5.74) is 0.470. The van der Waals surface area contributed by atoms with Crippen LogP contribution >= 0.6 is 0 Å². The van der Waals surface area contributed by atoms with E-state index in [-0.39, 0.29) is 17.9 Å². The second-order valence-electron chi connectivity index (χ2n) is 2.05. The molecule has 0 aliphatic heterocycles. The molecule has 0 bridgehead atoms. The summed E-state index contributed by atoms with van der Waals surface area (Å²) in [6.07, 6.45) is 0. The maximum atomic E-state index is 12.7. The van der Waals surface area contributed by atoms with Gasteiger partial charge >= 0.3 is 0 Å².